The Bertz CT molecular complexity index is 451. The van der Waals surface area contributed by atoms with Crippen LogP contribution >= 0.6 is 11.6 Å². The van der Waals surface area contributed by atoms with Crippen molar-refractivity contribution in [1.82, 2.24) is 0 Å². The minimum Gasteiger partial charge on any atom is -0.300 e. The average Bonchev–Trinajstić information content (AvgIpc) is 2.39. The Hall–Kier alpha value is -0.820. The third-order valence-electron chi connectivity index (χ3n) is 3.94. The first kappa shape index (κ1) is 14.6. The van der Waals surface area contributed by atoms with Crippen LogP contribution in [0.4, 0.5) is 0 Å². The van der Waals surface area contributed by atoms with Gasteiger partial charge >= 0.3 is 0 Å². The van der Waals surface area contributed by atoms with Gasteiger partial charge in [-0.1, -0.05) is 24.6 Å². The minimum absolute atomic E-state index is 0.386. The Balaban J connectivity index is 1.95. The molecular weight excluding hydrogens is 256 g/mol. The summed E-state index contributed by atoms with van der Waals surface area (Å²) in [4.78, 5) is 11.5. The van der Waals surface area contributed by atoms with Gasteiger partial charge in [-0.25, -0.2) is 0 Å². The first-order valence-electron chi connectivity index (χ1n) is 7.52. The monoisotopic (exact) mass is 278 g/mol. The van der Waals surface area contributed by atoms with Crippen LogP contribution in [-0.4, -0.2) is 5.78 Å². The van der Waals surface area contributed by atoms with Crippen LogP contribution < -0.4 is 0 Å². The van der Waals surface area contributed by atoms with Gasteiger partial charge in [-0.2, -0.15) is 0 Å². The molecular formula is C17H23ClO. The number of hydrogen-bond donors (Lipinski definition) is 0. The fourth-order valence-corrected chi connectivity index (χ4v) is 3.16. The molecule has 0 spiro atoms. The molecule has 2 rings (SSSR count). The molecule has 1 aromatic rings. The zero-order chi connectivity index (χ0) is 13.7. The maximum absolute atomic E-state index is 11.5. The number of Topliss-reactive ketones (excluding diaryl/α,β-unsaturated/α-hetero) is 1. The fraction of sp³-hybridized carbons (Fsp3) is 0.588. The molecule has 1 nitrogen and oxygen atoms in total. The van der Waals surface area contributed by atoms with Gasteiger partial charge in [0, 0.05) is 17.9 Å². The number of fused-ring (bicyclic) bond motifs is 1. The maximum atomic E-state index is 11.5. The molecule has 0 unspecified atom stereocenters. The quantitative estimate of drug-likeness (QED) is 0.722. The molecule has 104 valence electrons. The molecule has 0 radical (unpaired) electrons. The Morgan fingerprint density at radius 1 is 1.16 bits per heavy atom. The second-order valence-corrected chi connectivity index (χ2v) is 5.97. The Morgan fingerprint density at radius 3 is 2.53 bits per heavy atom. The third-order valence-corrected chi connectivity index (χ3v) is 4.29. The van der Waals surface area contributed by atoms with Gasteiger partial charge in [0.2, 0.25) is 0 Å². The van der Waals surface area contributed by atoms with E-state index in [9.17, 15) is 4.79 Å². The highest BCUT2D eigenvalue weighted by Gasteiger charge is 2.12. The van der Waals surface area contributed by atoms with Crippen molar-refractivity contribution in [3.63, 3.8) is 0 Å². The van der Waals surface area contributed by atoms with E-state index < -0.39 is 0 Å². The van der Waals surface area contributed by atoms with Gasteiger partial charge in [-0.05, 0) is 67.7 Å². The number of hydrogen-bond acceptors (Lipinski definition) is 1. The van der Waals surface area contributed by atoms with E-state index >= 15 is 0 Å². The van der Waals surface area contributed by atoms with Crippen LogP contribution in [0.2, 0.25) is 5.02 Å². The SMILES string of the molecule is CCCC(=O)CCCc1cc2c(cc1Cl)CCCC2. The van der Waals surface area contributed by atoms with E-state index in [1.807, 2.05) is 0 Å². The lowest BCUT2D eigenvalue weighted by Gasteiger charge is -2.18. The summed E-state index contributed by atoms with van der Waals surface area (Å²) in [6, 6.07) is 4.43. The fourth-order valence-electron chi connectivity index (χ4n) is 2.88. The molecule has 0 heterocycles. The summed E-state index contributed by atoms with van der Waals surface area (Å²) < 4.78 is 0. The summed E-state index contributed by atoms with van der Waals surface area (Å²) in [6.07, 6.45) is 9.17. The number of carbonyl (C=O) groups excluding carboxylic acids is 1. The lowest BCUT2D eigenvalue weighted by molar-refractivity contribution is -0.119. The number of benzene rings is 1. The molecule has 0 fully saturated rings. The first-order valence-corrected chi connectivity index (χ1v) is 7.90. The standard InChI is InChI=1S/C17H23ClO/c1-2-6-16(19)10-5-9-15-11-13-7-3-4-8-14(13)12-17(15)18/h11-12H,2-10H2,1H3. The average molecular weight is 279 g/mol. The predicted octanol–water partition coefficient (Wildman–Crippen LogP) is 4.91. The van der Waals surface area contributed by atoms with Gasteiger partial charge in [0.05, 0.1) is 0 Å². The van der Waals surface area contributed by atoms with E-state index in [4.69, 9.17) is 11.6 Å². The van der Waals surface area contributed by atoms with Crippen molar-refractivity contribution in [2.45, 2.75) is 64.7 Å². The number of aryl methyl sites for hydroxylation is 3. The Labute approximate surface area is 121 Å². The van der Waals surface area contributed by atoms with Crippen LogP contribution in [0.15, 0.2) is 12.1 Å². The van der Waals surface area contributed by atoms with Crippen LogP contribution in [0.5, 0.6) is 0 Å². The molecule has 0 aliphatic heterocycles. The summed E-state index contributed by atoms with van der Waals surface area (Å²) in [5.74, 6) is 0.386. The van der Waals surface area contributed by atoms with Crippen LogP contribution in [0.3, 0.4) is 0 Å². The van der Waals surface area contributed by atoms with E-state index in [-0.39, 0.29) is 0 Å². The van der Waals surface area contributed by atoms with Gasteiger partial charge in [0.25, 0.3) is 0 Å². The normalized spacial score (nSPS) is 14.2. The molecule has 19 heavy (non-hydrogen) atoms. The van der Waals surface area contributed by atoms with Gasteiger partial charge in [0.15, 0.2) is 0 Å². The number of carbonyl (C=O) groups is 1. The highest BCUT2D eigenvalue weighted by Crippen LogP contribution is 2.28. The second-order valence-electron chi connectivity index (χ2n) is 5.56. The first-order chi connectivity index (χ1) is 9.20. The molecule has 1 aliphatic carbocycles. The topological polar surface area (TPSA) is 17.1 Å². The van der Waals surface area contributed by atoms with E-state index in [1.54, 1.807) is 0 Å². The third kappa shape index (κ3) is 4.07. The van der Waals surface area contributed by atoms with Crippen molar-refractivity contribution in [3.8, 4) is 0 Å². The van der Waals surface area contributed by atoms with Crippen molar-refractivity contribution in [2.75, 3.05) is 0 Å². The van der Waals surface area contributed by atoms with Gasteiger partial charge < -0.3 is 0 Å². The summed E-state index contributed by atoms with van der Waals surface area (Å²) in [5, 5.41) is 0.892. The molecule has 0 N–H and O–H groups in total. The smallest absolute Gasteiger partial charge is 0.132 e. The Morgan fingerprint density at radius 2 is 1.84 bits per heavy atom. The van der Waals surface area contributed by atoms with E-state index in [0.29, 0.717) is 12.2 Å². The van der Waals surface area contributed by atoms with Crippen LogP contribution in [0, 0.1) is 0 Å². The zero-order valence-corrected chi connectivity index (χ0v) is 12.6. The van der Waals surface area contributed by atoms with Crippen molar-refractivity contribution >= 4 is 17.4 Å². The van der Waals surface area contributed by atoms with E-state index in [0.717, 1.165) is 30.7 Å². The number of ketones is 1. The lowest BCUT2D eigenvalue weighted by Crippen LogP contribution is -2.04. The molecule has 0 amide bonds. The highest BCUT2D eigenvalue weighted by molar-refractivity contribution is 6.31. The summed E-state index contributed by atoms with van der Waals surface area (Å²) in [6.45, 7) is 2.05. The Kier molecular flexibility index (Phi) is 5.45. The summed E-state index contributed by atoms with van der Waals surface area (Å²) in [5.41, 5.74) is 4.14. The molecule has 0 atom stereocenters. The maximum Gasteiger partial charge on any atom is 0.132 e. The minimum atomic E-state index is 0.386. The van der Waals surface area contributed by atoms with Crippen LogP contribution in [-0.2, 0) is 24.1 Å². The second kappa shape index (κ2) is 7.09. The largest absolute Gasteiger partial charge is 0.300 e. The predicted molar refractivity (Wildman–Crippen MR) is 80.9 cm³/mol. The molecule has 0 aromatic heterocycles. The van der Waals surface area contributed by atoms with Crippen molar-refractivity contribution in [1.29, 1.82) is 0 Å². The molecule has 0 saturated carbocycles. The summed E-state index contributed by atoms with van der Waals surface area (Å²) in [7, 11) is 0. The zero-order valence-electron chi connectivity index (χ0n) is 11.8. The van der Waals surface area contributed by atoms with Crippen LogP contribution in [0.25, 0.3) is 0 Å². The van der Waals surface area contributed by atoms with Crippen molar-refractivity contribution in [2.24, 2.45) is 0 Å². The van der Waals surface area contributed by atoms with Gasteiger partial charge in [-0.15, -0.1) is 0 Å². The van der Waals surface area contributed by atoms with E-state index in [1.165, 1.54) is 42.4 Å². The molecule has 1 aliphatic rings. The van der Waals surface area contributed by atoms with Gasteiger partial charge in [-0.3, -0.25) is 4.79 Å². The molecule has 0 bridgehead atoms. The molecule has 0 saturated heterocycles. The van der Waals surface area contributed by atoms with Gasteiger partial charge in [0.1, 0.15) is 5.78 Å². The van der Waals surface area contributed by atoms with Crippen LogP contribution in [0.1, 0.15) is 62.1 Å². The summed E-state index contributed by atoms with van der Waals surface area (Å²) >= 11 is 6.35. The highest BCUT2D eigenvalue weighted by atomic mass is 35.5. The molecule has 2 heteroatoms. The molecule has 1 aromatic carbocycles. The van der Waals surface area contributed by atoms with Crippen molar-refractivity contribution in [3.05, 3.63) is 33.8 Å². The number of halogens is 1. The lowest BCUT2D eigenvalue weighted by atomic mass is 9.89. The number of rotatable bonds is 6. The van der Waals surface area contributed by atoms with Crippen molar-refractivity contribution < 1.29 is 4.79 Å². The van der Waals surface area contributed by atoms with E-state index in [2.05, 4.69) is 19.1 Å².